The number of halogens is 2. The maximum Gasteiger partial charge on any atom is 0.270 e. The molecule has 0 aliphatic carbocycles. The summed E-state index contributed by atoms with van der Waals surface area (Å²) in [7, 11) is 0. The number of benzene rings is 2. The van der Waals surface area contributed by atoms with Gasteiger partial charge in [-0.1, -0.05) is 0 Å². The SMILES string of the molecule is O=C(c1ccc(F)c(F)c1)N1CCN(C(=O)c2cc([N+](=O)[O-])ccc2N2CCCC2)CC1. The first-order valence-corrected chi connectivity index (χ1v) is 10.4. The van der Waals surface area contributed by atoms with Crippen LogP contribution in [0.4, 0.5) is 20.2 Å². The van der Waals surface area contributed by atoms with Crippen LogP contribution in [0.2, 0.25) is 0 Å². The van der Waals surface area contributed by atoms with Crippen LogP contribution in [0.1, 0.15) is 33.6 Å². The van der Waals surface area contributed by atoms with E-state index in [2.05, 4.69) is 4.90 Å². The van der Waals surface area contributed by atoms with Crippen molar-refractivity contribution in [3.8, 4) is 0 Å². The molecule has 2 saturated heterocycles. The Bertz CT molecular complexity index is 1060. The maximum absolute atomic E-state index is 13.5. The number of hydrogen-bond acceptors (Lipinski definition) is 5. The Hall–Kier alpha value is -3.56. The minimum atomic E-state index is -1.09. The normalized spacial score (nSPS) is 16.4. The molecule has 2 heterocycles. The molecular formula is C22H22F2N4O4. The highest BCUT2D eigenvalue weighted by atomic mass is 19.2. The second kappa shape index (κ2) is 8.89. The standard InChI is InChI=1S/C22H22F2N4O4/c23-18-5-3-15(13-19(18)24)21(29)26-9-11-27(12-10-26)22(30)17-14-16(28(31)32)4-6-20(17)25-7-1-2-8-25/h3-6,13-14H,1-2,7-12H2. The molecule has 168 valence electrons. The predicted octanol–water partition coefficient (Wildman–Crippen LogP) is 3.07. The monoisotopic (exact) mass is 444 g/mol. The van der Waals surface area contributed by atoms with Crippen molar-refractivity contribution >= 4 is 23.2 Å². The number of carbonyl (C=O) groups excluding carboxylic acids is 2. The fourth-order valence-corrected chi connectivity index (χ4v) is 4.14. The van der Waals surface area contributed by atoms with E-state index >= 15 is 0 Å². The number of rotatable bonds is 4. The number of piperazine rings is 1. The van der Waals surface area contributed by atoms with Gasteiger partial charge in [-0.05, 0) is 37.1 Å². The number of nitrogens with zero attached hydrogens (tertiary/aromatic N) is 4. The fourth-order valence-electron chi connectivity index (χ4n) is 4.14. The van der Waals surface area contributed by atoms with Gasteiger partial charge in [0, 0.05) is 57.0 Å². The number of hydrogen-bond donors (Lipinski definition) is 0. The zero-order chi connectivity index (χ0) is 22.8. The Labute approximate surface area is 183 Å². The van der Waals surface area contributed by atoms with E-state index in [0.29, 0.717) is 5.69 Å². The van der Waals surface area contributed by atoms with Crippen molar-refractivity contribution in [2.75, 3.05) is 44.2 Å². The highest BCUT2D eigenvalue weighted by Crippen LogP contribution is 2.29. The lowest BCUT2D eigenvalue weighted by atomic mass is 10.1. The summed E-state index contributed by atoms with van der Waals surface area (Å²) >= 11 is 0. The average Bonchev–Trinajstić information content (AvgIpc) is 3.34. The van der Waals surface area contributed by atoms with E-state index in [9.17, 15) is 28.5 Å². The van der Waals surface area contributed by atoms with E-state index in [1.807, 2.05) is 0 Å². The summed E-state index contributed by atoms with van der Waals surface area (Å²) < 4.78 is 26.6. The van der Waals surface area contributed by atoms with Gasteiger partial charge in [-0.25, -0.2) is 8.78 Å². The lowest BCUT2D eigenvalue weighted by Crippen LogP contribution is -2.50. The average molecular weight is 444 g/mol. The van der Waals surface area contributed by atoms with Gasteiger partial charge in [-0.2, -0.15) is 0 Å². The topological polar surface area (TPSA) is 87.0 Å². The van der Waals surface area contributed by atoms with Crippen molar-refractivity contribution in [1.29, 1.82) is 0 Å². The van der Waals surface area contributed by atoms with E-state index in [1.54, 1.807) is 11.0 Å². The summed E-state index contributed by atoms with van der Waals surface area (Å²) in [6, 6.07) is 7.34. The molecule has 0 bridgehead atoms. The quantitative estimate of drug-likeness (QED) is 0.534. The number of amides is 2. The smallest absolute Gasteiger partial charge is 0.270 e. The molecule has 0 N–H and O–H groups in total. The first-order valence-electron chi connectivity index (χ1n) is 10.4. The van der Waals surface area contributed by atoms with E-state index < -0.39 is 22.5 Å². The van der Waals surface area contributed by atoms with Crippen LogP contribution in [-0.2, 0) is 0 Å². The van der Waals surface area contributed by atoms with E-state index in [-0.39, 0.29) is 48.9 Å². The van der Waals surface area contributed by atoms with E-state index in [1.165, 1.54) is 23.1 Å². The molecule has 10 heteroatoms. The van der Waals surface area contributed by atoms with Crippen LogP contribution in [-0.4, -0.2) is 65.8 Å². The molecule has 0 radical (unpaired) electrons. The molecule has 2 aromatic carbocycles. The molecule has 0 aromatic heterocycles. The van der Waals surface area contributed by atoms with Crippen molar-refractivity contribution in [2.45, 2.75) is 12.8 Å². The van der Waals surface area contributed by atoms with Crippen molar-refractivity contribution in [3.05, 3.63) is 69.3 Å². The first-order chi connectivity index (χ1) is 15.3. The third-order valence-corrected chi connectivity index (χ3v) is 5.89. The van der Waals surface area contributed by atoms with Gasteiger partial charge in [0.25, 0.3) is 17.5 Å². The third-order valence-electron chi connectivity index (χ3n) is 5.89. The molecule has 8 nitrogen and oxygen atoms in total. The van der Waals surface area contributed by atoms with Crippen LogP contribution in [0.3, 0.4) is 0 Å². The third kappa shape index (κ3) is 4.25. The summed E-state index contributed by atoms with van der Waals surface area (Å²) in [4.78, 5) is 41.7. The number of nitro benzene ring substituents is 1. The number of nitro groups is 1. The minimum Gasteiger partial charge on any atom is -0.371 e. The van der Waals surface area contributed by atoms with Crippen LogP contribution in [0.15, 0.2) is 36.4 Å². The Kier molecular flexibility index (Phi) is 6.02. The number of anilines is 1. The molecule has 2 aliphatic rings. The highest BCUT2D eigenvalue weighted by molar-refractivity contribution is 6.01. The lowest BCUT2D eigenvalue weighted by molar-refractivity contribution is -0.384. The molecule has 2 aliphatic heterocycles. The highest BCUT2D eigenvalue weighted by Gasteiger charge is 2.29. The molecule has 0 saturated carbocycles. The van der Waals surface area contributed by atoms with Gasteiger partial charge in [0.1, 0.15) is 0 Å². The van der Waals surface area contributed by atoms with Crippen LogP contribution < -0.4 is 4.90 Å². The van der Waals surface area contributed by atoms with Gasteiger partial charge in [-0.3, -0.25) is 19.7 Å². The van der Waals surface area contributed by atoms with Crippen molar-refractivity contribution < 1.29 is 23.3 Å². The Balaban J connectivity index is 1.49. The van der Waals surface area contributed by atoms with Crippen molar-refractivity contribution in [1.82, 2.24) is 9.80 Å². The fraction of sp³-hybridized carbons (Fsp3) is 0.364. The van der Waals surface area contributed by atoms with Crippen molar-refractivity contribution in [2.24, 2.45) is 0 Å². The van der Waals surface area contributed by atoms with Gasteiger partial charge in [0.2, 0.25) is 0 Å². The number of non-ortho nitro benzene ring substituents is 1. The Morgan fingerprint density at radius 1 is 0.812 bits per heavy atom. The summed E-state index contributed by atoms with van der Waals surface area (Å²) in [6.45, 7) is 2.48. The van der Waals surface area contributed by atoms with Gasteiger partial charge in [0.05, 0.1) is 16.2 Å². The molecule has 0 unspecified atom stereocenters. The molecule has 2 amide bonds. The van der Waals surface area contributed by atoms with Crippen LogP contribution in [0, 0.1) is 21.7 Å². The largest absolute Gasteiger partial charge is 0.371 e. The van der Waals surface area contributed by atoms with Crippen LogP contribution >= 0.6 is 0 Å². The number of carbonyl (C=O) groups is 2. The zero-order valence-electron chi connectivity index (χ0n) is 17.3. The van der Waals surface area contributed by atoms with E-state index in [4.69, 9.17) is 0 Å². The Morgan fingerprint density at radius 2 is 1.44 bits per heavy atom. The lowest BCUT2D eigenvalue weighted by Gasteiger charge is -2.35. The maximum atomic E-state index is 13.5. The summed E-state index contributed by atoms with van der Waals surface area (Å²) in [6.07, 6.45) is 1.99. The summed E-state index contributed by atoms with van der Waals surface area (Å²) in [5.74, 6) is -2.88. The summed E-state index contributed by atoms with van der Waals surface area (Å²) in [5.41, 5.74) is 0.849. The zero-order valence-corrected chi connectivity index (χ0v) is 17.3. The van der Waals surface area contributed by atoms with Gasteiger partial charge in [-0.15, -0.1) is 0 Å². The molecule has 4 rings (SSSR count). The van der Waals surface area contributed by atoms with Crippen LogP contribution in [0.25, 0.3) is 0 Å². The summed E-state index contributed by atoms with van der Waals surface area (Å²) in [5, 5.41) is 11.3. The molecule has 32 heavy (non-hydrogen) atoms. The minimum absolute atomic E-state index is 0.0404. The molecule has 2 aromatic rings. The second-order valence-electron chi connectivity index (χ2n) is 7.87. The predicted molar refractivity (Wildman–Crippen MR) is 113 cm³/mol. The van der Waals surface area contributed by atoms with Gasteiger partial charge >= 0.3 is 0 Å². The van der Waals surface area contributed by atoms with Crippen LogP contribution in [0.5, 0.6) is 0 Å². The molecule has 0 atom stereocenters. The van der Waals surface area contributed by atoms with Gasteiger partial charge < -0.3 is 14.7 Å². The van der Waals surface area contributed by atoms with E-state index in [0.717, 1.165) is 38.1 Å². The molecule has 2 fully saturated rings. The molecular weight excluding hydrogens is 422 g/mol. The first kappa shape index (κ1) is 21.7. The Morgan fingerprint density at radius 3 is 2.03 bits per heavy atom. The van der Waals surface area contributed by atoms with Gasteiger partial charge in [0.15, 0.2) is 11.6 Å². The second-order valence-corrected chi connectivity index (χ2v) is 7.87. The molecule has 0 spiro atoms. The van der Waals surface area contributed by atoms with Crippen molar-refractivity contribution in [3.63, 3.8) is 0 Å².